The Kier molecular flexibility index (Phi) is 5.63. The predicted octanol–water partition coefficient (Wildman–Crippen LogP) is 1.71. The fourth-order valence-electron chi connectivity index (χ4n) is 1.70. The van der Waals surface area contributed by atoms with Gasteiger partial charge in [0, 0.05) is 12.4 Å². The van der Waals surface area contributed by atoms with Gasteiger partial charge in [-0.1, -0.05) is 19.9 Å². The summed E-state index contributed by atoms with van der Waals surface area (Å²) in [5.74, 6) is -0.674. The lowest BCUT2D eigenvalue weighted by Gasteiger charge is -2.17. The number of aryl methyl sites for hydroxylation is 1. The maximum atomic E-state index is 10.9. The molecule has 0 aromatic carbocycles. The SMILES string of the molecule is CC(C)C(NCCCc1cccnc1)C(=O)O. The van der Waals surface area contributed by atoms with Gasteiger partial charge in [0.25, 0.3) is 0 Å². The monoisotopic (exact) mass is 236 g/mol. The summed E-state index contributed by atoms with van der Waals surface area (Å²) in [5, 5.41) is 12.1. The van der Waals surface area contributed by atoms with Crippen molar-refractivity contribution in [1.29, 1.82) is 0 Å². The second-order valence-corrected chi connectivity index (χ2v) is 4.48. The number of aliphatic carboxylic acids is 1. The molecule has 0 fully saturated rings. The Labute approximate surface area is 102 Å². The van der Waals surface area contributed by atoms with Gasteiger partial charge in [-0.3, -0.25) is 9.78 Å². The molecule has 1 atom stereocenters. The van der Waals surface area contributed by atoms with Crippen LogP contribution >= 0.6 is 0 Å². The molecule has 4 nitrogen and oxygen atoms in total. The van der Waals surface area contributed by atoms with E-state index in [4.69, 9.17) is 5.11 Å². The van der Waals surface area contributed by atoms with Crippen LogP contribution in [0.2, 0.25) is 0 Å². The normalized spacial score (nSPS) is 12.6. The summed E-state index contributed by atoms with van der Waals surface area (Å²) in [6, 6.07) is 3.49. The number of nitrogens with zero attached hydrogens (tertiary/aromatic N) is 1. The maximum Gasteiger partial charge on any atom is 0.320 e. The molecule has 0 bridgehead atoms. The van der Waals surface area contributed by atoms with Crippen molar-refractivity contribution < 1.29 is 9.90 Å². The van der Waals surface area contributed by atoms with Gasteiger partial charge >= 0.3 is 5.97 Å². The van der Waals surface area contributed by atoms with E-state index in [1.54, 1.807) is 6.20 Å². The number of aromatic nitrogens is 1. The number of rotatable bonds is 7. The lowest BCUT2D eigenvalue weighted by molar-refractivity contribution is -0.140. The van der Waals surface area contributed by atoms with E-state index in [2.05, 4.69) is 10.3 Å². The first-order chi connectivity index (χ1) is 8.11. The van der Waals surface area contributed by atoms with Crippen molar-refractivity contribution >= 4 is 5.97 Å². The predicted molar refractivity (Wildman–Crippen MR) is 66.8 cm³/mol. The molecule has 0 amide bonds. The van der Waals surface area contributed by atoms with E-state index in [0.29, 0.717) is 6.54 Å². The number of carboxylic acid groups (broad SMARTS) is 1. The molecule has 94 valence electrons. The average molecular weight is 236 g/mol. The van der Waals surface area contributed by atoms with Crippen molar-refractivity contribution in [2.45, 2.75) is 32.7 Å². The highest BCUT2D eigenvalue weighted by Gasteiger charge is 2.19. The zero-order valence-electron chi connectivity index (χ0n) is 10.4. The van der Waals surface area contributed by atoms with E-state index in [0.717, 1.165) is 12.8 Å². The molecule has 4 heteroatoms. The minimum absolute atomic E-state index is 0.103. The molecule has 0 aliphatic heterocycles. The third-order valence-electron chi connectivity index (χ3n) is 2.66. The average Bonchev–Trinajstić information content (AvgIpc) is 2.29. The van der Waals surface area contributed by atoms with Crippen LogP contribution in [0.25, 0.3) is 0 Å². The lowest BCUT2D eigenvalue weighted by atomic mass is 10.0. The third kappa shape index (κ3) is 4.95. The van der Waals surface area contributed by atoms with Crippen LogP contribution in [0.15, 0.2) is 24.5 Å². The van der Waals surface area contributed by atoms with Crippen LogP contribution < -0.4 is 5.32 Å². The number of hydrogen-bond acceptors (Lipinski definition) is 3. The summed E-state index contributed by atoms with van der Waals surface area (Å²) in [6.45, 7) is 4.53. The minimum Gasteiger partial charge on any atom is -0.480 e. The van der Waals surface area contributed by atoms with E-state index in [9.17, 15) is 4.79 Å². The van der Waals surface area contributed by atoms with Crippen molar-refractivity contribution in [2.24, 2.45) is 5.92 Å². The van der Waals surface area contributed by atoms with Crippen molar-refractivity contribution in [3.8, 4) is 0 Å². The Balaban J connectivity index is 2.26. The van der Waals surface area contributed by atoms with Crippen molar-refractivity contribution in [1.82, 2.24) is 10.3 Å². The molecule has 0 aliphatic rings. The standard InChI is InChI=1S/C13H20N2O2/c1-10(2)12(13(16)17)15-8-4-6-11-5-3-7-14-9-11/h3,5,7,9-10,12,15H,4,6,8H2,1-2H3,(H,16,17). The fraction of sp³-hybridized carbons (Fsp3) is 0.538. The van der Waals surface area contributed by atoms with Gasteiger partial charge in [-0.25, -0.2) is 0 Å². The Morgan fingerprint density at radius 3 is 2.82 bits per heavy atom. The quantitative estimate of drug-likeness (QED) is 0.707. The zero-order chi connectivity index (χ0) is 12.7. The van der Waals surface area contributed by atoms with Crippen LogP contribution in [-0.2, 0) is 11.2 Å². The first-order valence-corrected chi connectivity index (χ1v) is 5.96. The van der Waals surface area contributed by atoms with Crippen LogP contribution in [0, 0.1) is 5.92 Å². The minimum atomic E-state index is -0.777. The first-order valence-electron chi connectivity index (χ1n) is 5.96. The van der Waals surface area contributed by atoms with E-state index >= 15 is 0 Å². The maximum absolute atomic E-state index is 10.9. The largest absolute Gasteiger partial charge is 0.480 e. The summed E-state index contributed by atoms with van der Waals surface area (Å²) in [6.07, 6.45) is 5.44. The molecule has 0 saturated carbocycles. The molecule has 0 radical (unpaired) electrons. The van der Waals surface area contributed by atoms with Gasteiger partial charge in [-0.05, 0) is 36.9 Å². The Bertz CT molecular complexity index is 339. The van der Waals surface area contributed by atoms with Gasteiger partial charge in [-0.15, -0.1) is 0 Å². The molecule has 0 spiro atoms. The van der Waals surface area contributed by atoms with Crippen LogP contribution in [-0.4, -0.2) is 28.6 Å². The molecule has 1 aromatic heterocycles. The smallest absolute Gasteiger partial charge is 0.320 e. The summed E-state index contributed by atoms with van der Waals surface area (Å²) in [4.78, 5) is 15.0. The third-order valence-corrected chi connectivity index (χ3v) is 2.66. The number of hydrogen-bond donors (Lipinski definition) is 2. The van der Waals surface area contributed by atoms with E-state index in [1.165, 1.54) is 5.56 Å². The molecule has 1 aromatic rings. The number of carboxylic acids is 1. The topological polar surface area (TPSA) is 62.2 Å². The van der Waals surface area contributed by atoms with Gasteiger partial charge in [-0.2, -0.15) is 0 Å². The highest BCUT2D eigenvalue weighted by Crippen LogP contribution is 2.03. The number of pyridine rings is 1. The molecule has 1 unspecified atom stereocenters. The van der Waals surface area contributed by atoms with Crippen LogP contribution in [0.3, 0.4) is 0 Å². The summed E-state index contributed by atoms with van der Waals surface area (Å²) < 4.78 is 0. The zero-order valence-corrected chi connectivity index (χ0v) is 10.4. The second kappa shape index (κ2) is 7.01. The number of carbonyl (C=O) groups is 1. The molecule has 0 saturated heterocycles. The summed E-state index contributed by atoms with van der Waals surface area (Å²) in [7, 11) is 0. The summed E-state index contributed by atoms with van der Waals surface area (Å²) >= 11 is 0. The van der Waals surface area contributed by atoms with Crippen LogP contribution in [0.1, 0.15) is 25.8 Å². The fourth-order valence-corrected chi connectivity index (χ4v) is 1.70. The van der Waals surface area contributed by atoms with Gasteiger partial charge in [0.1, 0.15) is 6.04 Å². The van der Waals surface area contributed by atoms with Crippen LogP contribution in [0.5, 0.6) is 0 Å². The highest BCUT2D eigenvalue weighted by atomic mass is 16.4. The second-order valence-electron chi connectivity index (χ2n) is 4.48. The van der Waals surface area contributed by atoms with Crippen LogP contribution in [0.4, 0.5) is 0 Å². The molecule has 2 N–H and O–H groups in total. The number of nitrogens with one attached hydrogen (secondary N) is 1. The first kappa shape index (κ1) is 13.6. The van der Waals surface area contributed by atoms with E-state index in [-0.39, 0.29) is 5.92 Å². The van der Waals surface area contributed by atoms with E-state index < -0.39 is 12.0 Å². The Hall–Kier alpha value is -1.42. The molecule has 1 rings (SSSR count). The van der Waals surface area contributed by atoms with Gasteiger partial charge in [0.15, 0.2) is 0 Å². The van der Waals surface area contributed by atoms with Gasteiger partial charge in [0.05, 0.1) is 0 Å². The van der Waals surface area contributed by atoms with Crippen molar-refractivity contribution in [2.75, 3.05) is 6.54 Å². The molecular weight excluding hydrogens is 216 g/mol. The molecular formula is C13H20N2O2. The lowest BCUT2D eigenvalue weighted by Crippen LogP contribution is -2.41. The molecule has 1 heterocycles. The van der Waals surface area contributed by atoms with Crippen molar-refractivity contribution in [3.05, 3.63) is 30.1 Å². The van der Waals surface area contributed by atoms with Gasteiger partial charge < -0.3 is 10.4 Å². The Morgan fingerprint density at radius 1 is 1.53 bits per heavy atom. The van der Waals surface area contributed by atoms with Crippen molar-refractivity contribution in [3.63, 3.8) is 0 Å². The highest BCUT2D eigenvalue weighted by molar-refractivity contribution is 5.73. The molecule has 17 heavy (non-hydrogen) atoms. The Morgan fingerprint density at radius 2 is 2.29 bits per heavy atom. The molecule has 0 aliphatic carbocycles. The summed E-state index contributed by atoms with van der Waals surface area (Å²) in [5.41, 5.74) is 1.19. The van der Waals surface area contributed by atoms with E-state index in [1.807, 2.05) is 32.2 Å². The van der Waals surface area contributed by atoms with Gasteiger partial charge in [0.2, 0.25) is 0 Å².